The van der Waals surface area contributed by atoms with Crippen molar-refractivity contribution in [1.29, 1.82) is 0 Å². The van der Waals surface area contributed by atoms with Crippen molar-refractivity contribution in [2.45, 2.75) is 12.5 Å². The summed E-state index contributed by atoms with van der Waals surface area (Å²) in [5.41, 5.74) is -0.108. The molecule has 1 unspecified atom stereocenters. The van der Waals surface area contributed by atoms with Gasteiger partial charge >= 0.3 is 5.97 Å². The van der Waals surface area contributed by atoms with E-state index in [1.54, 1.807) is 0 Å². The molecule has 1 heterocycles. The number of carbonyl (C=O) groups is 3. The topological polar surface area (TPSA) is 150 Å². The first-order valence-electron chi connectivity index (χ1n) is 7.72. The van der Waals surface area contributed by atoms with Crippen LogP contribution in [0.15, 0.2) is 42.5 Å². The van der Waals surface area contributed by atoms with Crippen molar-refractivity contribution in [3.05, 3.63) is 58.1 Å². The Morgan fingerprint density at radius 1 is 1.19 bits per heavy atom. The predicted molar refractivity (Wildman–Crippen MR) is 92.7 cm³/mol. The molecular formula is C17H13N3O7. The fraction of sp³-hybridized carbons (Fsp3) is 0.118. The van der Waals surface area contributed by atoms with E-state index < -0.39 is 28.7 Å². The van der Waals surface area contributed by atoms with Gasteiger partial charge in [0.1, 0.15) is 11.8 Å². The molecule has 2 amide bonds. The largest absolute Gasteiger partial charge is 0.506 e. The van der Waals surface area contributed by atoms with Gasteiger partial charge in [-0.3, -0.25) is 19.7 Å². The number of amides is 2. The van der Waals surface area contributed by atoms with Crippen molar-refractivity contribution in [3.63, 3.8) is 0 Å². The number of nitrogens with one attached hydrogen (secondary N) is 1. The molecule has 1 atom stereocenters. The third-order valence-corrected chi connectivity index (χ3v) is 4.04. The van der Waals surface area contributed by atoms with Gasteiger partial charge in [0.05, 0.1) is 28.3 Å². The molecule has 10 heteroatoms. The van der Waals surface area contributed by atoms with Crippen LogP contribution < -0.4 is 10.2 Å². The van der Waals surface area contributed by atoms with Crippen molar-refractivity contribution in [3.8, 4) is 5.75 Å². The smallest absolute Gasteiger partial charge is 0.335 e. The van der Waals surface area contributed by atoms with E-state index in [1.165, 1.54) is 24.3 Å². The molecule has 2 aromatic rings. The van der Waals surface area contributed by atoms with Gasteiger partial charge in [0.15, 0.2) is 0 Å². The molecule has 0 aromatic heterocycles. The second-order valence-corrected chi connectivity index (χ2v) is 5.78. The number of nitro groups is 1. The number of imide groups is 1. The number of nitro benzene ring substituents is 1. The molecule has 0 saturated carbocycles. The molecule has 0 radical (unpaired) electrons. The van der Waals surface area contributed by atoms with Crippen molar-refractivity contribution >= 4 is 34.8 Å². The highest BCUT2D eigenvalue weighted by Crippen LogP contribution is 2.31. The standard InChI is InChI=1S/C17H13N3O7/c21-14-6-5-11(20(26)27)7-12(14)18-13-8-15(22)19(16(13)23)10-3-1-9(2-4-10)17(24)25/h1-7,13,18,21H,8H2,(H,24,25). The summed E-state index contributed by atoms with van der Waals surface area (Å²) in [7, 11) is 0. The van der Waals surface area contributed by atoms with Gasteiger partial charge in [-0.2, -0.15) is 0 Å². The summed E-state index contributed by atoms with van der Waals surface area (Å²) in [5.74, 6) is -2.58. The van der Waals surface area contributed by atoms with E-state index in [4.69, 9.17) is 5.11 Å². The number of hydrogen-bond donors (Lipinski definition) is 3. The Hall–Kier alpha value is -3.95. The normalized spacial score (nSPS) is 16.4. The van der Waals surface area contributed by atoms with Crippen LogP contribution in [0.5, 0.6) is 5.75 Å². The van der Waals surface area contributed by atoms with Crippen LogP contribution in [0.25, 0.3) is 0 Å². The number of benzene rings is 2. The van der Waals surface area contributed by atoms with E-state index in [1.807, 2.05) is 0 Å². The first-order valence-corrected chi connectivity index (χ1v) is 7.72. The number of anilines is 2. The molecule has 1 aliphatic heterocycles. The van der Waals surface area contributed by atoms with E-state index in [9.17, 15) is 29.6 Å². The van der Waals surface area contributed by atoms with Crippen LogP contribution in [0.1, 0.15) is 16.8 Å². The van der Waals surface area contributed by atoms with Gasteiger partial charge < -0.3 is 15.5 Å². The maximum Gasteiger partial charge on any atom is 0.335 e. The number of phenolic OH excluding ortho intramolecular Hbond substituents is 1. The second kappa shape index (κ2) is 6.75. The first kappa shape index (κ1) is 17.9. The number of hydrogen-bond acceptors (Lipinski definition) is 7. The van der Waals surface area contributed by atoms with Gasteiger partial charge in [-0.15, -0.1) is 0 Å². The molecule has 27 heavy (non-hydrogen) atoms. The predicted octanol–water partition coefficient (Wildman–Crippen LogP) is 1.74. The lowest BCUT2D eigenvalue weighted by atomic mass is 10.2. The van der Waals surface area contributed by atoms with Gasteiger partial charge in [-0.25, -0.2) is 9.69 Å². The number of nitrogens with zero attached hydrogens (tertiary/aromatic N) is 2. The Morgan fingerprint density at radius 2 is 1.85 bits per heavy atom. The van der Waals surface area contributed by atoms with Crippen LogP contribution in [0.3, 0.4) is 0 Å². The molecule has 3 rings (SSSR count). The minimum absolute atomic E-state index is 0.00837. The highest BCUT2D eigenvalue weighted by Gasteiger charge is 2.40. The lowest BCUT2D eigenvalue weighted by Crippen LogP contribution is -2.34. The van der Waals surface area contributed by atoms with Crippen LogP contribution in [-0.4, -0.2) is 39.0 Å². The number of aromatic carboxylic acids is 1. The maximum absolute atomic E-state index is 12.6. The molecule has 2 aromatic carbocycles. The average Bonchev–Trinajstić information content (AvgIpc) is 2.90. The summed E-state index contributed by atoms with van der Waals surface area (Å²) < 4.78 is 0. The van der Waals surface area contributed by atoms with Crippen LogP contribution >= 0.6 is 0 Å². The maximum atomic E-state index is 12.6. The lowest BCUT2D eigenvalue weighted by molar-refractivity contribution is -0.384. The Bertz CT molecular complexity index is 955. The molecule has 10 nitrogen and oxygen atoms in total. The summed E-state index contributed by atoms with van der Waals surface area (Å²) in [5, 5.41) is 32.3. The molecule has 0 aliphatic carbocycles. The zero-order valence-corrected chi connectivity index (χ0v) is 13.7. The van der Waals surface area contributed by atoms with Gasteiger partial charge in [0.25, 0.3) is 11.6 Å². The Balaban J connectivity index is 1.83. The van der Waals surface area contributed by atoms with Crippen molar-refractivity contribution < 1.29 is 29.5 Å². The Kier molecular flexibility index (Phi) is 4.46. The summed E-state index contributed by atoms with van der Waals surface area (Å²) in [6.07, 6.45) is -0.221. The van der Waals surface area contributed by atoms with E-state index in [2.05, 4.69) is 5.32 Å². The van der Waals surface area contributed by atoms with Crippen LogP contribution in [0.4, 0.5) is 17.1 Å². The van der Waals surface area contributed by atoms with E-state index >= 15 is 0 Å². The third kappa shape index (κ3) is 3.40. The first-order chi connectivity index (χ1) is 12.8. The zero-order chi connectivity index (χ0) is 19.7. The number of rotatable bonds is 5. The highest BCUT2D eigenvalue weighted by molar-refractivity contribution is 6.23. The summed E-state index contributed by atoms with van der Waals surface area (Å²) in [6, 6.07) is 7.49. The SMILES string of the molecule is O=C(O)c1ccc(N2C(=O)CC(Nc3cc([N+](=O)[O-])ccc3O)C2=O)cc1. The van der Waals surface area contributed by atoms with E-state index in [-0.39, 0.29) is 34.8 Å². The molecule has 1 fully saturated rings. The van der Waals surface area contributed by atoms with Gasteiger partial charge in [-0.05, 0) is 30.3 Å². The fourth-order valence-corrected chi connectivity index (χ4v) is 2.71. The van der Waals surface area contributed by atoms with Gasteiger partial charge in [0, 0.05) is 12.1 Å². The summed E-state index contributed by atoms with van der Waals surface area (Å²) in [6.45, 7) is 0. The van der Waals surface area contributed by atoms with Crippen molar-refractivity contribution in [2.24, 2.45) is 0 Å². The molecule has 138 valence electrons. The fourth-order valence-electron chi connectivity index (χ4n) is 2.71. The number of non-ortho nitro benzene ring substituents is 1. The molecule has 3 N–H and O–H groups in total. The van der Waals surface area contributed by atoms with E-state index in [0.717, 1.165) is 23.1 Å². The second-order valence-electron chi connectivity index (χ2n) is 5.78. The zero-order valence-electron chi connectivity index (χ0n) is 13.7. The van der Waals surface area contributed by atoms with Crippen LogP contribution in [0, 0.1) is 10.1 Å². The average molecular weight is 371 g/mol. The number of aromatic hydroxyl groups is 1. The minimum Gasteiger partial charge on any atom is -0.506 e. The number of carboxylic acids is 1. The van der Waals surface area contributed by atoms with Crippen LogP contribution in [0.2, 0.25) is 0 Å². The Morgan fingerprint density at radius 3 is 2.44 bits per heavy atom. The lowest BCUT2D eigenvalue weighted by Gasteiger charge is -2.16. The Labute approximate surface area is 151 Å². The third-order valence-electron chi connectivity index (χ3n) is 4.04. The van der Waals surface area contributed by atoms with Crippen molar-refractivity contribution in [2.75, 3.05) is 10.2 Å². The summed E-state index contributed by atoms with van der Waals surface area (Å²) in [4.78, 5) is 46.8. The summed E-state index contributed by atoms with van der Waals surface area (Å²) >= 11 is 0. The molecule has 0 spiro atoms. The highest BCUT2D eigenvalue weighted by atomic mass is 16.6. The van der Waals surface area contributed by atoms with E-state index in [0.29, 0.717) is 0 Å². The van der Waals surface area contributed by atoms with Gasteiger partial charge in [-0.1, -0.05) is 0 Å². The minimum atomic E-state index is -1.14. The van der Waals surface area contributed by atoms with Gasteiger partial charge in [0.2, 0.25) is 5.91 Å². The monoisotopic (exact) mass is 371 g/mol. The number of carboxylic acid groups (broad SMARTS) is 1. The molecule has 1 aliphatic rings. The quantitative estimate of drug-likeness (QED) is 0.311. The molecule has 0 bridgehead atoms. The van der Waals surface area contributed by atoms with Crippen molar-refractivity contribution in [1.82, 2.24) is 0 Å². The molecular weight excluding hydrogens is 358 g/mol. The number of phenols is 1. The number of carbonyl (C=O) groups excluding carboxylic acids is 2. The molecule has 1 saturated heterocycles. The van der Waals surface area contributed by atoms with Crippen LogP contribution in [-0.2, 0) is 9.59 Å².